The van der Waals surface area contributed by atoms with Crippen LogP contribution in [0.25, 0.3) is 10.9 Å². The van der Waals surface area contributed by atoms with E-state index in [9.17, 15) is 4.79 Å². The number of hydrogen-bond donors (Lipinski definition) is 1. The molecule has 0 aliphatic rings. The van der Waals surface area contributed by atoms with Crippen molar-refractivity contribution < 1.29 is 14.3 Å². The van der Waals surface area contributed by atoms with Crippen LogP contribution in [0.15, 0.2) is 24.4 Å². The standard InChI is InChI=1S/C18H19N5O3/c1-5-26-16(24)13-9-19-17(20-11(13)3)23-18-21-10(2)12-7-6-8-14(25-4)15(12)22-18/h6-9H,5H2,1-4H3,(H,19,20,21,22,23). The molecular formula is C18H19N5O3. The van der Waals surface area contributed by atoms with E-state index in [1.165, 1.54) is 6.20 Å². The smallest absolute Gasteiger partial charge is 0.341 e. The quantitative estimate of drug-likeness (QED) is 0.699. The zero-order chi connectivity index (χ0) is 18.7. The summed E-state index contributed by atoms with van der Waals surface area (Å²) in [4.78, 5) is 29.2. The molecule has 0 aliphatic heterocycles. The molecule has 0 unspecified atom stereocenters. The molecular weight excluding hydrogens is 334 g/mol. The van der Waals surface area contributed by atoms with Gasteiger partial charge in [-0.3, -0.25) is 5.32 Å². The minimum Gasteiger partial charge on any atom is -0.494 e. The van der Waals surface area contributed by atoms with Gasteiger partial charge in [0, 0.05) is 11.6 Å². The summed E-state index contributed by atoms with van der Waals surface area (Å²) in [6, 6.07) is 5.67. The summed E-state index contributed by atoms with van der Waals surface area (Å²) in [6.45, 7) is 5.65. The second kappa shape index (κ2) is 7.30. The summed E-state index contributed by atoms with van der Waals surface area (Å²) in [6.07, 6.45) is 1.43. The molecule has 0 fully saturated rings. The van der Waals surface area contributed by atoms with Gasteiger partial charge in [0.1, 0.15) is 11.3 Å². The molecule has 1 aromatic carbocycles. The Labute approximate surface area is 150 Å². The highest BCUT2D eigenvalue weighted by Crippen LogP contribution is 2.26. The normalized spacial score (nSPS) is 10.6. The molecule has 0 bridgehead atoms. The Morgan fingerprint density at radius 1 is 1.12 bits per heavy atom. The molecule has 3 rings (SSSR count). The molecule has 0 aliphatic carbocycles. The Balaban J connectivity index is 1.94. The lowest BCUT2D eigenvalue weighted by molar-refractivity contribution is 0.0524. The number of hydrogen-bond acceptors (Lipinski definition) is 8. The van der Waals surface area contributed by atoms with Crippen LogP contribution in [0.5, 0.6) is 5.75 Å². The number of nitrogens with zero attached hydrogens (tertiary/aromatic N) is 4. The molecule has 0 spiro atoms. The largest absolute Gasteiger partial charge is 0.494 e. The van der Waals surface area contributed by atoms with E-state index in [0.717, 1.165) is 11.1 Å². The first-order valence-corrected chi connectivity index (χ1v) is 8.12. The number of carbonyl (C=O) groups excluding carboxylic acids is 1. The van der Waals surface area contributed by atoms with E-state index in [2.05, 4.69) is 25.3 Å². The summed E-state index contributed by atoms with van der Waals surface area (Å²) in [5.41, 5.74) is 2.34. The summed E-state index contributed by atoms with van der Waals surface area (Å²) in [5.74, 6) is 0.858. The molecule has 0 saturated carbocycles. The maximum Gasteiger partial charge on any atom is 0.341 e. The molecule has 0 amide bonds. The Kier molecular flexibility index (Phi) is 4.92. The first kappa shape index (κ1) is 17.5. The molecule has 0 saturated heterocycles. The minimum absolute atomic E-state index is 0.296. The van der Waals surface area contributed by atoms with Gasteiger partial charge in [-0.05, 0) is 26.8 Å². The van der Waals surface area contributed by atoms with Gasteiger partial charge in [0.2, 0.25) is 11.9 Å². The van der Waals surface area contributed by atoms with E-state index >= 15 is 0 Å². The lowest BCUT2D eigenvalue weighted by Crippen LogP contribution is -2.11. The third kappa shape index (κ3) is 3.39. The van der Waals surface area contributed by atoms with Gasteiger partial charge in [-0.15, -0.1) is 0 Å². The third-order valence-electron chi connectivity index (χ3n) is 3.80. The molecule has 3 aromatic rings. The highest BCUT2D eigenvalue weighted by Gasteiger charge is 2.14. The third-order valence-corrected chi connectivity index (χ3v) is 3.80. The number of aromatic nitrogens is 4. The van der Waals surface area contributed by atoms with Crippen molar-refractivity contribution in [1.29, 1.82) is 0 Å². The van der Waals surface area contributed by atoms with Crippen molar-refractivity contribution in [3.05, 3.63) is 41.3 Å². The van der Waals surface area contributed by atoms with E-state index in [1.54, 1.807) is 21.0 Å². The van der Waals surface area contributed by atoms with Crippen LogP contribution in [0.2, 0.25) is 0 Å². The molecule has 8 heteroatoms. The van der Waals surface area contributed by atoms with Crippen LogP contribution in [0.1, 0.15) is 28.7 Å². The van der Waals surface area contributed by atoms with Gasteiger partial charge < -0.3 is 9.47 Å². The first-order valence-electron chi connectivity index (χ1n) is 8.12. The molecule has 134 valence electrons. The molecule has 2 aromatic heterocycles. The maximum atomic E-state index is 11.8. The van der Waals surface area contributed by atoms with Crippen molar-refractivity contribution in [2.24, 2.45) is 0 Å². The average molecular weight is 353 g/mol. The van der Waals surface area contributed by atoms with Gasteiger partial charge in [-0.25, -0.2) is 24.7 Å². The fourth-order valence-electron chi connectivity index (χ4n) is 2.54. The molecule has 2 heterocycles. The van der Waals surface area contributed by atoms with Crippen molar-refractivity contribution in [3.63, 3.8) is 0 Å². The Bertz CT molecular complexity index is 974. The predicted octanol–water partition coefficient (Wildman–Crippen LogP) is 2.97. The average Bonchev–Trinajstić information content (AvgIpc) is 2.61. The molecule has 0 radical (unpaired) electrons. The summed E-state index contributed by atoms with van der Waals surface area (Å²) >= 11 is 0. The van der Waals surface area contributed by atoms with Gasteiger partial charge in [0.05, 0.1) is 30.7 Å². The Hall–Kier alpha value is -3.29. The van der Waals surface area contributed by atoms with E-state index in [4.69, 9.17) is 9.47 Å². The van der Waals surface area contributed by atoms with Crippen molar-refractivity contribution in [2.75, 3.05) is 19.0 Å². The lowest BCUT2D eigenvalue weighted by Gasteiger charge is -2.10. The highest BCUT2D eigenvalue weighted by molar-refractivity contribution is 5.90. The SMILES string of the molecule is CCOC(=O)c1cnc(Nc2nc(C)c3cccc(OC)c3n2)nc1C. The van der Waals surface area contributed by atoms with Crippen molar-refractivity contribution in [3.8, 4) is 5.75 Å². The molecule has 8 nitrogen and oxygen atoms in total. The summed E-state index contributed by atoms with van der Waals surface area (Å²) in [7, 11) is 1.60. The number of benzene rings is 1. The van der Waals surface area contributed by atoms with Crippen LogP contribution in [-0.4, -0.2) is 39.6 Å². The van der Waals surface area contributed by atoms with Crippen LogP contribution in [0.3, 0.4) is 0 Å². The fraction of sp³-hybridized carbons (Fsp3) is 0.278. The zero-order valence-electron chi connectivity index (χ0n) is 15.0. The number of carbonyl (C=O) groups is 1. The number of aryl methyl sites for hydroxylation is 2. The minimum atomic E-state index is -0.445. The number of esters is 1. The van der Waals surface area contributed by atoms with Crippen LogP contribution in [0, 0.1) is 13.8 Å². The van der Waals surface area contributed by atoms with Gasteiger partial charge >= 0.3 is 5.97 Å². The van der Waals surface area contributed by atoms with Crippen LogP contribution >= 0.6 is 0 Å². The second-order valence-electron chi connectivity index (χ2n) is 5.53. The number of nitrogens with one attached hydrogen (secondary N) is 1. The van der Waals surface area contributed by atoms with Gasteiger partial charge in [-0.2, -0.15) is 0 Å². The molecule has 0 atom stereocenters. The van der Waals surface area contributed by atoms with Crippen molar-refractivity contribution >= 4 is 28.8 Å². The van der Waals surface area contributed by atoms with Crippen molar-refractivity contribution in [1.82, 2.24) is 19.9 Å². The topological polar surface area (TPSA) is 99.1 Å². The Morgan fingerprint density at radius 2 is 1.88 bits per heavy atom. The molecule has 1 N–H and O–H groups in total. The van der Waals surface area contributed by atoms with Crippen LogP contribution in [0.4, 0.5) is 11.9 Å². The second-order valence-corrected chi connectivity index (χ2v) is 5.53. The Morgan fingerprint density at radius 3 is 2.58 bits per heavy atom. The van der Waals surface area contributed by atoms with Gasteiger partial charge in [-0.1, -0.05) is 12.1 Å². The van der Waals surface area contributed by atoms with Crippen LogP contribution in [-0.2, 0) is 4.74 Å². The highest BCUT2D eigenvalue weighted by atomic mass is 16.5. The molecule has 26 heavy (non-hydrogen) atoms. The van der Waals surface area contributed by atoms with Crippen LogP contribution < -0.4 is 10.1 Å². The number of rotatable bonds is 5. The number of methoxy groups -OCH3 is 1. The van der Waals surface area contributed by atoms with E-state index in [-0.39, 0.29) is 0 Å². The number of anilines is 2. The zero-order valence-corrected chi connectivity index (χ0v) is 15.0. The van der Waals surface area contributed by atoms with Gasteiger partial charge in [0.25, 0.3) is 0 Å². The number of fused-ring (bicyclic) bond motifs is 1. The lowest BCUT2D eigenvalue weighted by atomic mass is 10.2. The first-order chi connectivity index (χ1) is 12.5. The summed E-state index contributed by atoms with van der Waals surface area (Å²) < 4.78 is 10.3. The maximum absolute atomic E-state index is 11.8. The van der Waals surface area contributed by atoms with Gasteiger partial charge in [0.15, 0.2) is 0 Å². The van der Waals surface area contributed by atoms with E-state index < -0.39 is 5.97 Å². The van der Waals surface area contributed by atoms with E-state index in [0.29, 0.717) is 41.0 Å². The predicted molar refractivity (Wildman–Crippen MR) is 96.8 cm³/mol. The number of para-hydroxylation sites is 1. The number of ether oxygens (including phenoxy) is 2. The van der Waals surface area contributed by atoms with Crippen molar-refractivity contribution in [2.45, 2.75) is 20.8 Å². The fourth-order valence-corrected chi connectivity index (χ4v) is 2.54. The van der Waals surface area contributed by atoms with E-state index in [1.807, 2.05) is 25.1 Å². The summed E-state index contributed by atoms with van der Waals surface area (Å²) in [5, 5.41) is 3.88. The monoisotopic (exact) mass is 353 g/mol.